The Morgan fingerprint density at radius 2 is 1.81 bits per heavy atom. The highest BCUT2D eigenvalue weighted by Crippen LogP contribution is 2.22. The fourth-order valence-corrected chi connectivity index (χ4v) is 2.85. The molecule has 0 fully saturated rings. The second-order valence-corrected chi connectivity index (χ2v) is 6.83. The number of anilines is 1. The molecule has 0 bridgehead atoms. The average Bonchev–Trinajstić information content (AvgIpc) is 2.73. The van der Waals surface area contributed by atoms with E-state index in [9.17, 15) is 14.4 Å². The number of rotatable bonds is 7. The van der Waals surface area contributed by atoms with Gasteiger partial charge in [0.2, 0.25) is 0 Å². The predicted octanol–water partition coefficient (Wildman–Crippen LogP) is 4.18. The highest BCUT2D eigenvalue weighted by atomic mass is 16.6. The second kappa shape index (κ2) is 9.80. The van der Waals surface area contributed by atoms with Crippen LogP contribution in [0.3, 0.4) is 0 Å². The first-order valence-corrected chi connectivity index (χ1v) is 9.76. The maximum atomic E-state index is 12.3. The largest absolute Gasteiger partial charge is 0.479 e. The minimum Gasteiger partial charge on any atom is -0.479 e. The van der Waals surface area contributed by atoms with Crippen LogP contribution in [-0.2, 0) is 20.9 Å². The summed E-state index contributed by atoms with van der Waals surface area (Å²) in [5.74, 6) is -0.00921. The first kappa shape index (κ1) is 21.9. The van der Waals surface area contributed by atoms with Crippen molar-refractivity contribution in [1.29, 1.82) is 0 Å². The molecule has 0 aliphatic rings. The van der Waals surface area contributed by atoms with E-state index in [1.54, 1.807) is 38.1 Å². The lowest BCUT2D eigenvalue weighted by Crippen LogP contribution is -2.26. The Hall–Kier alpha value is -3.81. The summed E-state index contributed by atoms with van der Waals surface area (Å²) in [7, 11) is 0. The third kappa shape index (κ3) is 5.85. The zero-order chi connectivity index (χ0) is 22.4. The fourth-order valence-electron chi connectivity index (χ4n) is 2.85. The van der Waals surface area contributed by atoms with Gasteiger partial charge in [0.05, 0.1) is 6.61 Å². The summed E-state index contributed by atoms with van der Waals surface area (Å²) in [5, 5.41) is 3.12. The zero-order valence-corrected chi connectivity index (χ0v) is 17.5. The molecule has 3 rings (SSSR count). The van der Waals surface area contributed by atoms with Crippen LogP contribution < -0.4 is 15.7 Å². The van der Waals surface area contributed by atoms with Gasteiger partial charge in [0.1, 0.15) is 17.9 Å². The lowest BCUT2D eigenvalue weighted by atomic mass is 10.1. The van der Waals surface area contributed by atoms with Crippen LogP contribution in [-0.4, -0.2) is 24.8 Å². The molecule has 1 atom stereocenters. The SMILES string of the molecule is CCOC(=O)Nc1ccc2c(COC(=O)C(C)Oc3ccc(C)cc3)cc(=O)oc2c1. The number of hydrogen-bond acceptors (Lipinski definition) is 7. The molecule has 0 saturated heterocycles. The van der Waals surface area contributed by atoms with E-state index in [0.717, 1.165) is 5.56 Å². The van der Waals surface area contributed by atoms with Crippen molar-refractivity contribution in [2.24, 2.45) is 0 Å². The quantitative estimate of drug-likeness (QED) is 0.447. The average molecular weight is 425 g/mol. The molecule has 0 aliphatic heterocycles. The molecule has 31 heavy (non-hydrogen) atoms. The topological polar surface area (TPSA) is 104 Å². The van der Waals surface area contributed by atoms with E-state index in [0.29, 0.717) is 22.4 Å². The molecular formula is C23H23NO7. The fraction of sp³-hybridized carbons (Fsp3) is 0.261. The Labute approximate surface area is 178 Å². The minimum atomic E-state index is -0.825. The standard InChI is InChI=1S/C23H23NO7/c1-4-28-23(27)24-17-7-10-19-16(11-21(25)31-20(19)12-17)13-29-22(26)15(3)30-18-8-5-14(2)6-9-18/h5-12,15H,4,13H2,1-3H3,(H,24,27). The summed E-state index contributed by atoms with van der Waals surface area (Å²) in [6.45, 7) is 5.34. The van der Waals surface area contributed by atoms with Crippen molar-refractivity contribution in [2.45, 2.75) is 33.5 Å². The number of benzene rings is 2. The van der Waals surface area contributed by atoms with Crippen LogP contribution >= 0.6 is 0 Å². The van der Waals surface area contributed by atoms with E-state index in [1.165, 1.54) is 12.1 Å². The van der Waals surface area contributed by atoms with Crippen molar-refractivity contribution in [3.05, 3.63) is 70.1 Å². The molecule has 1 N–H and O–H groups in total. The number of hydrogen-bond donors (Lipinski definition) is 1. The molecule has 0 radical (unpaired) electrons. The van der Waals surface area contributed by atoms with Gasteiger partial charge >= 0.3 is 17.7 Å². The van der Waals surface area contributed by atoms with Gasteiger partial charge in [-0.1, -0.05) is 17.7 Å². The van der Waals surface area contributed by atoms with Crippen LogP contribution in [0.5, 0.6) is 5.75 Å². The van der Waals surface area contributed by atoms with E-state index in [2.05, 4.69) is 5.32 Å². The molecule has 2 aromatic carbocycles. The molecule has 8 heteroatoms. The molecule has 1 heterocycles. The van der Waals surface area contributed by atoms with Gasteiger partial charge < -0.3 is 18.6 Å². The van der Waals surface area contributed by atoms with E-state index in [1.807, 2.05) is 19.1 Å². The number of esters is 1. The van der Waals surface area contributed by atoms with E-state index in [4.69, 9.17) is 18.6 Å². The number of carbonyl (C=O) groups is 2. The summed E-state index contributed by atoms with van der Waals surface area (Å²) in [5.41, 5.74) is 1.61. The van der Waals surface area contributed by atoms with Crippen molar-refractivity contribution in [1.82, 2.24) is 0 Å². The molecule has 1 unspecified atom stereocenters. The van der Waals surface area contributed by atoms with Crippen LogP contribution in [0.2, 0.25) is 0 Å². The molecule has 1 amide bonds. The van der Waals surface area contributed by atoms with Gasteiger partial charge in [-0.05, 0) is 45.0 Å². The third-order valence-corrected chi connectivity index (χ3v) is 4.39. The van der Waals surface area contributed by atoms with Crippen LogP contribution in [0, 0.1) is 6.92 Å². The molecule has 0 spiro atoms. The molecule has 8 nitrogen and oxygen atoms in total. The molecule has 162 valence electrons. The Morgan fingerprint density at radius 3 is 2.52 bits per heavy atom. The normalized spacial score (nSPS) is 11.6. The lowest BCUT2D eigenvalue weighted by molar-refractivity contribution is -0.152. The Kier molecular flexibility index (Phi) is 6.92. The van der Waals surface area contributed by atoms with Gasteiger partial charge in [0.25, 0.3) is 0 Å². The number of carbonyl (C=O) groups excluding carboxylic acids is 2. The Balaban J connectivity index is 1.70. The first-order chi connectivity index (χ1) is 14.9. The summed E-state index contributed by atoms with van der Waals surface area (Å²) in [6, 6.07) is 13.4. The zero-order valence-electron chi connectivity index (χ0n) is 17.5. The van der Waals surface area contributed by atoms with Crippen molar-refractivity contribution < 1.29 is 28.2 Å². The first-order valence-electron chi connectivity index (χ1n) is 9.76. The smallest absolute Gasteiger partial charge is 0.411 e. The summed E-state index contributed by atoms with van der Waals surface area (Å²) in [6.07, 6.45) is -1.44. The number of fused-ring (bicyclic) bond motifs is 1. The molecular weight excluding hydrogens is 402 g/mol. The number of ether oxygens (including phenoxy) is 3. The highest BCUT2D eigenvalue weighted by Gasteiger charge is 2.18. The maximum Gasteiger partial charge on any atom is 0.411 e. The summed E-state index contributed by atoms with van der Waals surface area (Å²) >= 11 is 0. The molecule has 0 saturated carbocycles. The number of aryl methyl sites for hydroxylation is 1. The van der Waals surface area contributed by atoms with Crippen molar-refractivity contribution in [2.75, 3.05) is 11.9 Å². The highest BCUT2D eigenvalue weighted by molar-refractivity contribution is 5.90. The monoisotopic (exact) mass is 425 g/mol. The minimum absolute atomic E-state index is 0.132. The van der Waals surface area contributed by atoms with Crippen molar-refractivity contribution >= 4 is 28.7 Å². The van der Waals surface area contributed by atoms with Crippen LogP contribution in [0.15, 0.2) is 57.7 Å². The van der Waals surface area contributed by atoms with Crippen molar-refractivity contribution in [3.8, 4) is 5.75 Å². The van der Waals surface area contributed by atoms with Gasteiger partial charge in [-0.2, -0.15) is 0 Å². The summed E-state index contributed by atoms with van der Waals surface area (Å²) < 4.78 is 21.0. The second-order valence-electron chi connectivity index (χ2n) is 6.83. The van der Waals surface area contributed by atoms with Gasteiger partial charge in [0.15, 0.2) is 6.10 Å². The van der Waals surface area contributed by atoms with Gasteiger partial charge in [0, 0.05) is 28.8 Å². The number of nitrogens with one attached hydrogen (secondary N) is 1. The van der Waals surface area contributed by atoms with E-state index in [-0.39, 0.29) is 18.8 Å². The Bertz CT molecular complexity index is 1130. The number of amides is 1. The Morgan fingerprint density at radius 1 is 1.06 bits per heavy atom. The van der Waals surface area contributed by atoms with E-state index >= 15 is 0 Å². The van der Waals surface area contributed by atoms with Gasteiger partial charge in [-0.3, -0.25) is 5.32 Å². The van der Waals surface area contributed by atoms with Crippen LogP contribution in [0.4, 0.5) is 10.5 Å². The molecule has 0 aliphatic carbocycles. The molecule has 1 aromatic heterocycles. The maximum absolute atomic E-state index is 12.3. The summed E-state index contributed by atoms with van der Waals surface area (Å²) in [4.78, 5) is 35.9. The molecule has 3 aromatic rings. The van der Waals surface area contributed by atoms with Gasteiger partial charge in [-0.15, -0.1) is 0 Å². The van der Waals surface area contributed by atoms with Crippen molar-refractivity contribution in [3.63, 3.8) is 0 Å². The van der Waals surface area contributed by atoms with E-state index < -0.39 is 23.8 Å². The van der Waals surface area contributed by atoms with Crippen LogP contribution in [0.25, 0.3) is 11.0 Å². The van der Waals surface area contributed by atoms with Crippen LogP contribution in [0.1, 0.15) is 25.0 Å². The van der Waals surface area contributed by atoms with Gasteiger partial charge in [-0.25, -0.2) is 14.4 Å². The predicted molar refractivity (Wildman–Crippen MR) is 114 cm³/mol. The third-order valence-electron chi connectivity index (χ3n) is 4.39. The lowest BCUT2D eigenvalue weighted by Gasteiger charge is -2.14.